The lowest BCUT2D eigenvalue weighted by Crippen LogP contribution is -2.55. The van der Waals surface area contributed by atoms with E-state index < -0.39 is 0 Å². The SMILES string of the molecule is N#Cc1c(N)[nH]c(=S)c(C#N)c1-c1ccc([NH+]=O)cc1. The molecular formula is C13H8N5OS+. The van der Waals surface area contributed by atoms with Crippen molar-refractivity contribution in [1.82, 2.24) is 4.98 Å². The number of nitriles is 2. The van der Waals surface area contributed by atoms with Crippen LogP contribution >= 0.6 is 12.2 Å². The molecule has 0 aliphatic carbocycles. The second-order valence-electron chi connectivity index (χ2n) is 3.90. The summed E-state index contributed by atoms with van der Waals surface area (Å²) in [6, 6.07) is 10.3. The van der Waals surface area contributed by atoms with Crippen molar-refractivity contribution in [3.05, 3.63) is 44.9 Å². The number of nitrogen functional groups attached to an aromatic ring is 1. The maximum absolute atomic E-state index is 10.5. The molecule has 20 heavy (non-hydrogen) atoms. The Morgan fingerprint density at radius 2 is 1.75 bits per heavy atom. The third-order valence-corrected chi connectivity index (χ3v) is 3.07. The third kappa shape index (κ3) is 2.14. The number of nitrogens with one attached hydrogen (secondary N) is 2. The molecule has 0 amide bonds. The lowest BCUT2D eigenvalue weighted by atomic mass is 9.97. The number of aromatic nitrogens is 1. The van der Waals surface area contributed by atoms with E-state index in [1.807, 2.05) is 12.1 Å². The summed E-state index contributed by atoms with van der Waals surface area (Å²) in [4.78, 5) is 13.2. The lowest BCUT2D eigenvalue weighted by molar-refractivity contribution is -0.379. The molecular weight excluding hydrogens is 274 g/mol. The molecule has 0 fully saturated rings. The summed E-state index contributed by atoms with van der Waals surface area (Å²) in [5, 5.41) is 20.2. The Balaban J connectivity index is 2.84. The van der Waals surface area contributed by atoms with Crippen LogP contribution in [0.3, 0.4) is 0 Å². The molecule has 2 rings (SSSR count). The van der Waals surface area contributed by atoms with Crippen LogP contribution < -0.4 is 10.9 Å². The molecule has 1 aromatic carbocycles. The monoisotopic (exact) mass is 282 g/mol. The van der Waals surface area contributed by atoms with Crippen molar-refractivity contribution >= 4 is 23.7 Å². The van der Waals surface area contributed by atoms with Crippen LogP contribution in [-0.4, -0.2) is 4.98 Å². The molecule has 0 aliphatic rings. The summed E-state index contributed by atoms with van der Waals surface area (Å²) in [6.45, 7) is 0. The van der Waals surface area contributed by atoms with Crippen molar-refractivity contribution in [2.75, 3.05) is 5.73 Å². The molecule has 0 saturated heterocycles. The zero-order valence-corrected chi connectivity index (χ0v) is 10.9. The number of hydrogen-bond donors (Lipinski definition) is 3. The van der Waals surface area contributed by atoms with E-state index in [0.29, 0.717) is 16.8 Å². The number of H-pyrrole nitrogens is 1. The van der Waals surface area contributed by atoms with E-state index in [4.69, 9.17) is 18.0 Å². The Bertz CT molecular complexity index is 824. The Kier molecular flexibility index (Phi) is 3.56. The first-order chi connectivity index (χ1) is 9.62. The summed E-state index contributed by atoms with van der Waals surface area (Å²) in [7, 11) is 0. The number of nitrogens with two attached hydrogens (primary N) is 1. The predicted molar refractivity (Wildman–Crippen MR) is 74.9 cm³/mol. The molecule has 1 heterocycles. The van der Waals surface area contributed by atoms with Crippen LogP contribution in [0, 0.1) is 32.2 Å². The van der Waals surface area contributed by atoms with Gasteiger partial charge in [-0.2, -0.15) is 10.5 Å². The number of nitrogens with zero attached hydrogens (tertiary/aromatic N) is 2. The number of rotatable bonds is 2. The van der Waals surface area contributed by atoms with Crippen molar-refractivity contribution in [3.8, 4) is 23.3 Å². The van der Waals surface area contributed by atoms with Gasteiger partial charge in [0.25, 0.3) is 5.69 Å². The number of benzene rings is 1. The highest BCUT2D eigenvalue weighted by Crippen LogP contribution is 2.30. The van der Waals surface area contributed by atoms with E-state index in [1.54, 1.807) is 29.4 Å². The molecule has 96 valence electrons. The standard InChI is InChI=1S/C13H7N5OS/c14-5-9-11(7-1-3-8(18-19)4-2-7)10(6-15)13(20)17-12(9)16/h1-4H,(H3,16,17,20)/p+1. The highest BCUT2D eigenvalue weighted by atomic mass is 32.1. The largest absolute Gasteiger partial charge is 0.384 e. The Hall–Kier alpha value is -3.03. The minimum atomic E-state index is 0.109. The smallest absolute Gasteiger partial charge is 0.253 e. The van der Waals surface area contributed by atoms with E-state index in [9.17, 15) is 15.4 Å². The van der Waals surface area contributed by atoms with Crippen molar-refractivity contribution in [1.29, 1.82) is 10.5 Å². The molecule has 1 aromatic heterocycles. The minimum absolute atomic E-state index is 0.109. The minimum Gasteiger partial charge on any atom is -0.384 e. The van der Waals surface area contributed by atoms with Gasteiger partial charge < -0.3 is 10.7 Å². The second kappa shape index (κ2) is 5.31. The predicted octanol–water partition coefficient (Wildman–Crippen LogP) is 1.22. The molecule has 0 saturated carbocycles. The molecule has 6 nitrogen and oxygen atoms in total. The fraction of sp³-hybridized carbons (Fsp3) is 0. The first-order valence-electron chi connectivity index (χ1n) is 5.47. The summed E-state index contributed by atoms with van der Waals surface area (Å²) in [5.41, 5.74) is 7.39. The van der Waals surface area contributed by atoms with Gasteiger partial charge in [-0.3, -0.25) is 0 Å². The Labute approximate surface area is 119 Å². The van der Waals surface area contributed by atoms with E-state index in [1.165, 1.54) is 0 Å². The van der Waals surface area contributed by atoms with Crippen molar-refractivity contribution < 1.29 is 5.18 Å². The number of anilines is 1. The van der Waals surface area contributed by atoms with Crippen LogP contribution in [0.2, 0.25) is 0 Å². The second-order valence-corrected chi connectivity index (χ2v) is 4.30. The zero-order valence-electron chi connectivity index (χ0n) is 10.1. The maximum atomic E-state index is 10.5. The first-order valence-corrected chi connectivity index (χ1v) is 5.87. The van der Waals surface area contributed by atoms with Crippen LogP contribution in [0.15, 0.2) is 24.3 Å². The highest BCUT2D eigenvalue weighted by Gasteiger charge is 2.16. The number of pyridine rings is 1. The van der Waals surface area contributed by atoms with Gasteiger partial charge in [0.1, 0.15) is 28.2 Å². The summed E-state index contributed by atoms with van der Waals surface area (Å²) < 4.78 is 0.171. The molecule has 0 atom stereocenters. The topological polar surface area (TPSA) is 120 Å². The van der Waals surface area contributed by atoms with Crippen molar-refractivity contribution in [2.45, 2.75) is 0 Å². The normalized spacial score (nSPS) is 9.50. The number of aromatic amines is 1. The Morgan fingerprint density at radius 3 is 2.25 bits per heavy atom. The van der Waals surface area contributed by atoms with Gasteiger partial charge in [-0.05, 0) is 17.7 Å². The van der Waals surface area contributed by atoms with Gasteiger partial charge in [0, 0.05) is 27.8 Å². The fourth-order valence-electron chi connectivity index (χ4n) is 1.84. The van der Waals surface area contributed by atoms with Gasteiger partial charge in [0.15, 0.2) is 0 Å². The molecule has 0 aliphatic heterocycles. The van der Waals surface area contributed by atoms with Crippen LogP contribution in [0.1, 0.15) is 11.1 Å². The average molecular weight is 282 g/mol. The van der Waals surface area contributed by atoms with Crippen LogP contribution in [0.5, 0.6) is 0 Å². The highest BCUT2D eigenvalue weighted by molar-refractivity contribution is 7.71. The van der Waals surface area contributed by atoms with Crippen LogP contribution in [0.25, 0.3) is 11.1 Å². The molecule has 2 aromatic rings. The van der Waals surface area contributed by atoms with Crippen molar-refractivity contribution in [3.63, 3.8) is 0 Å². The average Bonchev–Trinajstić information content (AvgIpc) is 2.46. The fourth-order valence-corrected chi connectivity index (χ4v) is 2.09. The van der Waals surface area contributed by atoms with E-state index in [2.05, 4.69) is 4.98 Å². The van der Waals surface area contributed by atoms with E-state index in [-0.39, 0.29) is 21.6 Å². The molecule has 7 heteroatoms. The molecule has 0 spiro atoms. The van der Waals surface area contributed by atoms with Gasteiger partial charge in [0.2, 0.25) is 0 Å². The van der Waals surface area contributed by atoms with Crippen LogP contribution in [-0.2, 0) is 0 Å². The van der Waals surface area contributed by atoms with E-state index >= 15 is 0 Å². The van der Waals surface area contributed by atoms with Crippen LogP contribution in [0.4, 0.5) is 11.5 Å². The van der Waals surface area contributed by atoms with Crippen molar-refractivity contribution in [2.24, 2.45) is 0 Å². The zero-order chi connectivity index (χ0) is 14.7. The van der Waals surface area contributed by atoms with Gasteiger partial charge in [-0.1, -0.05) is 12.2 Å². The first kappa shape index (κ1) is 13.4. The number of nitroso groups, excluding NO2 is 1. The summed E-state index contributed by atoms with van der Waals surface area (Å²) in [6.07, 6.45) is 0. The quantitative estimate of drug-likeness (QED) is 0.715. The summed E-state index contributed by atoms with van der Waals surface area (Å²) >= 11 is 5.05. The lowest BCUT2D eigenvalue weighted by Gasteiger charge is -2.09. The Morgan fingerprint density at radius 1 is 1.15 bits per heavy atom. The van der Waals surface area contributed by atoms with Gasteiger partial charge in [0.05, 0.1) is 5.56 Å². The van der Waals surface area contributed by atoms with Gasteiger partial charge >= 0.3 is 0 Å². The maximum Gasteiger partial charge on any atom is 0.253 e. The number of hydrogen-bond acceptors (Lipinski definition) is 5. The van der Waals surface area contributed by atoms with Gasteiger partial charge in [-0.15, -0.1) is 0 Å². The summed E-state index contributed by atoms with van der Waals surface area (Å²) in [5.74, 6) is 0.109. The molecule has 0 bridgehead atoms. The van der Waals surface area contributed by atoms with Gasteiger partial charge in [-0.25, -0.2) is 0 Å². The molecule has 4 N–H and O–H groups in total. The molecule has 0 radical (unpaired) electrons. The molecule has 0 unspecified atom stereocenters. The van der Waals surface area contributed by atoms with E-state index in [0.717, 1.165) is 0 Å². The third-order valence-electron chi connectivity index (χ3n) is 2.76.